The molecule has 12 heteroatoms. The van der Waals surface area contributed by atoms with E-state index in [1.807, 2.05) is 126 Å². The fourth-order valence-electron chi connectivity index (χ4n) is 15.3. The topological polar surface area (TPSA) is 130 Å². The molecule has 22 rings (SSSR count). The van der Waals surface area contributed by atoms with Crippen LogP contribution < -0.4 is 0 Å². The number of aromatic nitrogens is 6. The van der Waals surface area contributed by atoms with Crippen molar-refractivity contribution in [3.05, 3.63) is 291 Å². The van der Waals surface area contributed by atoms with Gasteiger partial charge in [-0.05, 0) is 101 Å². The Morgan fingerprint density at radius 3 is 1.25 bits per heavy atom. The van der Waals surface area contributed by atoms with Crippen LogP contribution in [0.4, 0.5) is 0 Å². The average Bonchev–Trinajstić information content (AvgIpc) is 1.53. The highest BCUT2D eigenvalue weighted by molar-refractivity contribution is 7.26. The van der Waals surface area contributed by atoms with E-state index >= 15 is 0 Å². The standard InChI is InChI=1S/C90H48N6O4S2/c1-3-19-49(20-4-1)85-91-87(52-41-43-55-54-23-7-10-37-71(54)97-74(55)47-52)95-88(92-85)68-36-17-33-65-79-70(63-31-15-29-61-57-25-9-12-40-77(57)102-84(61)63)46-53(48-75(79)100-82(65)68)51-42-44-72-69(45-51)59-27-13-34-66(80(59)98-72)89-93-86(50-21-5-2-6-22-50)94-90(96-89)67-35-16-32-64-78-58(26-18-38-73(78)99-81(64)67)62-30-14-28-60-56-24-8-11-39-76(56)101-83(60)62/h1-48H. The minimum Gasteiger partial charge on any atom is -0.456 e. The fourth-order valence-corrected chi connectivity index (χ4v) is 17.8. The summed E-state index contributed by atoms with van der Waals surface area (Å²) < 4.78 is 32.6. The third-order valence-corrected chi connectivity index (χ3v) is 22.5. The lowest BCUT2D eigenvalue weighted by Crippen LogP contribution is -2.00. The Bertz CT molecular complexity index is 7290. The van der Waals surface area contributed by atoms with E-state index in [4.69, 9.17) is 47.6 Å². The summed E-state index contributed by atoms with van der Waals surface area (Å²) in [5.41, 5.74) is 16.9. The lowest BCUT2D eigenvalue weighted by molar-refractivity contribution is 0.668. The van der Waals surface area contributed by atoms with E-state index in [0.29, 0.717) is 51.7 Å². The largest absolute Gasteiger partial charge is 0.456 e. The number of hydrogen-bond acceptors (Lipinski definition) is 12. The SMILES string of the molecule is c1ccc(-c2nc(-c3ccc4c(c3)oc3ccccc34)nc(-c3cccc4c3oc3cc(-c5ccc6oc7c(-c8nc(-c9ccccc9)nc(-c9cccc%10c9oc9cccc(-c%11cccc%12c%11sc%11ccccc%11%12)c9%10)n8)cccc7c6c5)cc(-c5cccc6c5sc5ccccc56)c34)n2)cc1. The Balaban J connectivity index is 0.703. The molecule has 0 fully saturated rings. The summed E-state index contributed by atoms with van der Waals surface area (Å²) in [6.45, 7) is 0. The summed E-state index contributed by atoms with van der Waals surface area (Å²) in [4.78, 5) is 31.6. The van der Waals surface area contributed by atoms with Gasteiger partial charge in [0.25, 0.3) is 0 Å². The van der Waals surface area contributed by atoms with Gasteiger partial charge in [0.2, 0.25) is 0 Å². The first-order chi connectivity index (χ1) is 50.5. The predicted molar refractivity (Wildman–Crippen MR) is 417 cm³/mol. The molecule has 0 bridgehead atoms. The molecule has 0 saturated carbocycles. The van der Waals surface area contributed by atoms with Crippen LogP contribution in [0.15, 0.2) is 309 Å². The predicted octanol–water partition coefficient (Wildman–Crippen LogP) is 25.4. The molecule has 0 radical (unpaired) electrons. The minimum atomic E-state index is 0.470. The summed E-state index contributed by atoms with van der Waals surface area (Å²) >= 11 is 3.64. The highest BCUT2D eigenvalue weighted by Gasteiger charge is 2.27. The molecule has 0 spiro atoms. The van der Waals surface area contributed by atoms with Crippen molar-refractivity contribution in [2.75, 3.05) is 0 Å². The Morgan fingerprint density at radius 1 is 0.196 bits per heavy atom. The molecule has 102 heavy (non-hydrogen) atoms. The van der Waals surface area contributed by atoms with E-state index in [2.05, 4.69) is 188 Å². The van der Waals surface area contributed by atoms with Gasteiger partial charge in [-0.25, -0.2) is 29.9 Å². The molecule has 474 valence electrons. The highest BCUT2D eigenvalue weighted by Crippen LogP contribution is 2.50. The Morgan fingerprint density at radius 2 is 0.608 bits per heavy atom. The van der Waals surface area contributed by atoms with Crippen LogP contribution in [-0.4, -0.2) is 29.9 Å². The van der Waals surface area contributed by atoms with Gasteiger partial charge < -0.3 is 17.7 Å². The van der Waals surface area contributed by atoms with Crippen molar-refractivity contribution in [2.45, 2.75) is 0 Å². The number of thiophene rings is 2. The summed E-state index contributed by atoms with van der Waals surface area (Å²) in [5, 5.41) is 12.8. The van der Waals surface area contributed by atoms with E-state index in [1.54, 1.807) is 0 Å². The minimum absolute atomic E-state index is 0.470. The van der Waals surface area contributed by atoms with Crippen molar-refractivity contribution in [3.63, 3.8) is 0 Å². The van der Waals surface area contributed by atoms with E-state index in [9.17, 15) is 0 Å². The maximum Gasteiger partial charge on any atom is 0.167 e. The van der Waals surface area contributed by atoms with E-state index in [-0.39, 0.29) is 0 Å². The van der Waals surface area contributed by atoms with Gasteiger partial charge >= 0.3 is 0 Å². The van der Waals surface area contributed by atoms with E-state index in [1.165, 1.54) is 45.9 Å². The van der Waals surface area contributed by atoms with Gasteiger partial charge in [-0.1, -0.05) is 212 Å². The maximum absolute atomic E-state index is 7.34. The number of para-hydroxylation sites is 4. The molecule has 10 nitrogen and oxygen atoms in total. The van der Waals surface area contributed by atoms with Gasteiger partial charge in [0.15, 0.2) is 34.9 Å². The second-order valence-electron chi connectivity index (χ2n) is 25.9. The molecule has 22 aromatic rings. The monoisotopic (exact) mass is 1340 g/mol. The number of fused-ring (bicyclic) bond motifs is 18. The van der Waals surface area contributed by atoms with Gasteiger partial charge in [0.1, 0.15) is 44.7 Å². The first-order valence-corrected chi connectivity index (χ1v) is 35.4. The quantitative estimate of drug-likeness (QED) is 0.138. The van der Waals surface area contributed by atoms with Crippen molar-refractivity contribution in [3.8, 4) is 102 Å². The van der Waals surface area contributed by atoms with Gasteiger partial charge in [-0.3, -0.25) is 0 Å². The third kappa shape index (κ3) is 8.76. The van der Waals surface area contributed by atoms with Crippen LogP contribution in [-0.2, 0) is 0 Å². The average molecular weight is 1340 g/mol. The van der Waals surface area contributed by atoms with Crippen LogP contribution in [0.2, 0.25) is 0 Å². The molecule has 0 aliphatic carbocycles. The third-order valence-electron chi connectivity index (χ3n) is 20.0. The maximum atomic E-state index is 7.34. The first kappa shape index (κ1) is 56.7. The lowest BCUT2D eigenvalue weighted by Gasteiger charge is -2.10. The highest BCUT2D eigenvalue weighted by atomic mass is 32.1. The fraction of sp³-hybridized carbons (Fsp3) is 0. The number of furan rings is 4. The zero-order valence-corrected chi connectivity index (χ0v) is 55.5. The van der Waals surface area contributed by atoms with E-state index in [0.717, 1.165) is 132 Å². The molecular weight excluding hydrogens is 1290 g/mol. The number of benzene rings is 14. The molecule has 0 atom stereocenters. The van der Waals surface area contributed by atoms with Gasteiger partial charge in [-0.2, -0.15) is 0 Å². The van der Waals surface area contributed by atoms with Crippen molar-refractivity contribution >= 4 is 151 Å². The Hall–Kier alpha value is -13.3. The molecule has 8 aromatic heterocycles. The van der Waals surface area contributed by atoms with Crippen molar-refractivity contribution in [2.24, 2.45) is 0 Å². The van der Waals surface area contributed by atoms with Crippen LogP contribution >= 0.6 is 22.7 Å². The molecule has 0 amide bonds. The van der Waals surface area contributed by atoms with Crippen LogP contribution in [0.5, 0.6) is 0 Å². The van der Waals surface area contributed by atoms with Gasteiger partial charge in [-0.15, -0.1) is 22.7 Å². The molecule has 0 unspecified atom stereocenters. The second-order valence-corrected chi connectivity index (χ2v) is 28.0. The Kier molecular flexibility index (Phi) is 12.3. The molecule has 14 aromatic carbocycles. The van der Waals surface area contributed by atoms with E-state index < -0.39 is 0 Å². The summed E-state index contributed by atoms with van der Waals surface area (Å²) in [6, 6.07) is 101. The van der Waals surface area contributed by atoms with Crippen LogP contribution in [0.3, 0.4) is 0 Å². The van der Waals surface area contributed by atoms with Gasteiger partial charge in [0.05, 0.1) is 16.7 Å². The smallest absolute Gasteiger partial charge is 0.167 e. The number of rotatable bonds is 9. The Labute approximate surface area is 587 Å². The molecule has 0 N–H and O–H groups in total. The summed E-state index contributed by atoms with van der Waals surface area (Å²) in [6.07, 6.45) is 0. The molecule has 8 heterocycles. The lowest BCUT2D eigenvalue weighted by atomic mass is 9.93. The van der Waals surface area contributed by atoms with Gasteiger partial charge in [0, 0.05) is 111 Å². The van der Waals surface area contributed by atoms with Crippen molar-refractivity contribution < 1.29 is 17.7 Å². The molecule has 0 aliphatic rings. The van der Waals surface area contributed by atoms with Crippen molar-refractivity contribution in [1.82, 2.24) is 29.9 Å². The zero-order chi connectivity index (χ0) is 66.7. The van der Waals surface area contributed by atoms with Crippen LogP contribution in [0.25, 0.3) is 230 Å². The molecule has 0 aliphatic heterocycles. The summed E-state index contributed by atoms with van der Waals surface area (Å²) in [5.74, 6) is 3.02. The van der Waals surface area contributed by atoms with Crippen LogP contribution in [0.1, 0.15) is 0 Å². The van der Waals surface area contributed by atoms with Crippen molar-refractivity contribution in [1.29, 1.82) is 0 Å². The molecular formula is C90H48N6O4S2. The normalized spacial score (nSPS) is 12.1. The number of nitrogens with zero attached hydrogens (tertiary/aromatic N) is 6. The molecule has 0 saturated heterocycles. The second kappa shape index (κ2) is 22.1. The number of hydrogen-bond donors (Lipinski definition) is 0. The first-order valence-electron chi connectivity index (χ1n) is 33.8. The summed E-state index contributed by atoms with van der Waals surface area (Å²) in [7, 11) is 0. The van der Waals surface area contributed by atoms with Crippen LogP contribution in [0, 0.1) is 0 Å². The zero-order valence-electron chi connectivity index (χ0n) is 53.8.